The van der Waals surface area contributed by atoms with E-state index in [0.29, 0.717) is 24.1 Å². The summed E-state index contributed by atoms with van der Waals surface area (Å²) < 4.78 is 0. The molecule has 1 saturated carbocycles. The van der Waals surface area contributed by atoms with E-state index < -0.39 is 0 Å². The minimum atomic E-state index is -0.0462. The molecule has 1 aliphatic rings. The van der Waals surface area contributed by atoms with Crippen molar-refractivity contribution in [3.8, 4) is 11.1 Å². The molecule has 0 aliphatic heterocycles. The Hall–Kier alpha value is -2.59. The molecule has 0 spiro atoms. The Morgan fingerprint density at radius 1 is 1.08 bits per heavy atom. The number of rotatable bonds is 5. The molecule has 4 rings (SSSR count). The van der Waals surface area contributed by atoms with Crippen molar-refractivity contribution in [1.82, 2.24) is 10.3 Å². The third-order valence-corrected chi connectivity index (χ3v) is 4.87. The van der Waals surface area contributed by atoms with Gasteiger partial charge in [-0.1, -0.05) is 36.4 Å². The molecule has 1 amide bonds. The van der Waals surface area contributed by atoms with Crippen LogP contribution in [0.5, 0.6) is 0 Å². The number of hydrogen-bond donors (Lipinski definition) is 3. The Labute approximate surface area is 141 Å². The first-order chi connectivity index (χ1) is 11.7. The van der Waals surface area contributed by atoms with Crippen LogP contribution in [0.15, 0.2) is 54.6 Å². The summed E-state index contributed by atoms with van der Waals surface area (Å²) in [5, 5.41) is 4.06. The van der Waals surface area contributed by atoms with Crippen LogP contribution in [-0.4, -0.2) is 24.0 Å². The van der Waals surface area contributed by atoms with Crippen LogP contribution in [0.1, 0.15) is 16.9 Å². The maximum absolute atomic E-state index is 12.3. The fourth-order valence-electron chi connectivity index (χ4n) is 3.23. The van der Waals surface area contributed by atoms with Crippen molar-refractivity contribution in [3.63, 3.8) is 0 Å². The minimum absolute atomic E-state index is 0.0462. The van der Waals surface area contributed by atoms with Crippen molar-refractivity contribution in [2.45, 2.75) is 6.42 Å². The number of carbonyl (C=O) groups is 1. The van der Waals surface area contributed by atoms with E-state index in [9.17, 15) is 4.79 Å². The number of amides is 1. The normalized spacial score (nSPS) is 19.4. The molecule has 0 radical (unpaired) electrons. The molecular formula is C20H21N3O. The summed E-state index contributed by atoms with van der Waals surface area (Å²) >= 11 is 0. The molecular weight excluding hydrogens is 298 g/mol. The standard InChI is InChI=1S/C20H21N3O/c21-11-16-9-17(16)12-22-20(24)19-10-15-8-14(6-7-18(15)23-19)13-4-2-1-3-5-13/h1-8,10,16-17,23H,9,11-12,21H2,(H,22,24)/t16-,17-/m0/s1. The van der Waals surface area contributed by atoms with Crippen LogP contribution in [-0.2, 0) is 0 Å². The number of nitrogens with one attached hydrogen (secondary N) is 2. The average molecular weight is 319 g/mol. The first-order valence-corrected chi connectivity index (χ1v) is 8.41. The molecule has 1 aliphatic carbocycles. The van der Waals surface area contributed by atoms with Crippen molar-refractivity contribution >= 4 is 16.8 Å². The summed E-state index contributed by atoms with van der Waals surface area (Å²) in [4.78, 5) is 15.5. The van der Waals surface area contributed by atoms with Gasteiger partial charge in [-0.25, -0.2) is 0 Å². The Kier molecular flexibility index (Phi) is 3.82. The van der Waals surface area contributed by atoms with E-state index in [0.717, 1.165) is 29.4 Å². The van der Waals surface area contributed by atoms with Gasteiger partial charge in [0.15, 0.2) is 0 Å². The fourth-order valence-corrected chi connectivity index (χ4v) is 3.23. The summed E-state index contributed by atoms with van der Waals surface area (Å²) in [6.45, 7) is 1.43. The van der Waals surface area contributed by atoms with Gasteiger partial charge in [0.1, 0.15) is 5.69 Å². The minimum Gasteiger partial charge on any atom is -0.351 e. The van der Waals surface area contributed by atoms with Crippen LogP contribution in [0, 0.1) is 11.8 Å². The second-order valence-corrected chi connectivity index (χ2v) is 6.55. The monoisotopic (exact) mass is 319 g/mol. The zero-order valence-corrected chi connectivity index (χ0v) is 13.5. The molecule has 2 atom stereocenters. The largest absolute Gasteiger partial charge is 0.351 e. The lowest BCUT2D eigenvalue weighted by molar-refractivity contribution is 0.0947. The van der Waals surface area contributed by atoms with Gasteiger partial charge in [0.2, 0.25) is 0 Å². The maximum atomic E-state index is 12.3. The zero-order chi connectivity index (χ0) is 16.5. The molecule has 2 aromatic carbocycles. The van der Waals surface area contributed by atoms with Crippen molar-refractivity contribution in [2.75, 3.05) is 13.1 Å². The lowest BCUT2D eigenvalue weighted by atomic mass is 10.0. The summed E-state index contributed by atoms with van der Waals surface area (Å²) in [6.07, 6.45) is 1.13. The van der Waals surface area contributed by atoms with E-state index in [4.69, 9.17) is 5.73 Å². The predicted molar refractivity (Wildman–Crippen MR) is 96.7 cm³/mol. The number of nitrogens with two attached hydrogens (primary N) is 1. The van der Waals surface area contributed by atoms with E-state index >= 15 is 0 Å². The van der Waals surface area contributed by atoms with E-state index in [2.05, 4.69) is 34.6 Å². The number of hydrogen-bond acceptors (Lipinski definition) is 2. The average Bonchev–Trinajstić information content (AvgIpc) is 3.26. The highest BCUT2D eigenvalue weighted by molar-refractivity contribution is 5.98. The highest BCUT2D eigenvalue weighted by Crippen LogP contribution is 2.36. The van der Waals surface area contributed by atoms with Gasteiger partial charge in [-0.05, 0) is 54.1 Å². The lowest BCUT2D eigenvalue weighted by Crippen LogP contribution is -2.26. The SMILES string of the molecule is NC[C@@H]1C[C@H]1CNC(=O)c1cc2cc(-c3ccccc3)ccc2[nH]1. The molecule has 4 heteroatoms. The van der Waals surface area contributed by atoms with Gasteiger partial charge in [0.05, 0.1) is 0 Å². The second kappa shape index (κ2) is 6.13. The predicted octanol–water partition coefficient (Wildman–Crippen LogP) is 3.16. The number of carbonyl (C=O) groups excluding carboxylic acids is 1. The van der Waals surface area contributed by atoms with Gasteiger partial charge >= 0.3 is 0 Å². The summed E-state index contributed by atoms with van der Waals surface area (Å²) in [5.74, 6) is 1.09. The maximum Gasteiger partial charge on any atom is 0.267 e. The number of fused-ring (bicyclic) bond motifs is 1. The van der Waals surface area contributed by atoms with Crippen LogP contribution in [0.25, 0.3) is 22.0 Å². The van der Waals surface area contributed by atoms with Crippen LogP contribution >= 0.6 is 0 Å². The molecule has 4 nitrogen and oxygen atoms in total. The molecule has 4 N–H and O–H groups in total. The number of aromatic amines is 1. The highest BCUT2D eigenvalue weighted by Gasteiger charge is 2.35. The van der Waals surface area contributed by atoms with E-state index in [1.165, 1.54) is 5.56 Å². The lowest BCUT2D eigenvalue weighted by Gasteiger charge is -2.02. The second-order valence-electron chi connectivity index (χ2n) is 6.55. The van der Waals surface area contributed by atoms with Gasteiger partial charge in [-0.2, -0.15) is 0 Å². The smallest absolute Gasteiger partial charge is 0.267 e. The summed E-state index contributed by atoms with van der Waals surface area (Å²) in [7, 11) is 0. The third kappa shape index (κ3) is 2.93. The molecule has 122 valence electrons. The van der Waals surface area contributed by atoms with Gasteiger partial charge in [0.25, 0.3) is 5.91 Å². The van der Waals surface area contributed by atoms with Crippen LogP contribution in [0.2, 0.25) is 0 Å². The first-order valence-electron chi connectivity index (χ1n) is 8.41. The van der Waals surface area contributed by atoms with Crippen LogP contribution in [0.3, 0.4) is 0 Å². The van der Waals surface area contributed by atoms with Gasteiger partial charge in [-0.15, -0.1) is 0 Å². The number of H-pyrrole nitrogens is 1. The fraction of sp³-hybridized carbons (Fsp3) is 0.250. The van der Waals surface area contributed by atoms with Gasteiger partial charge < -0.3 is 16.0 Å². The topological polar surface area (TPSA) is 70.9 Å². The zero-order valence-electron chi connectivity index (χ0n) is 13.5. The number of benzene rings is 2. The molecule has 0 bridgehead atoms. The molecule has 24 heavy (non-hydrogen) atoms. The van der Waals surface area contributed by atoms with Crippen molar-refractivity contribution in [1.29, 1.82) is 0 Å². The number of aromatic nitrogens is 1. The van der Waals surface area contributed by atoms with Crippen LogP contribution in [0.4, 0.5) is 0 Å². The Morgan fingerprint density at radius 2 is 1.92 bits per heavy atom. The highest BCUT2D eigenvalue weighted by atomic mass is 16.1. The molecule has 0 saturated heterocycles. The van der Waals surface area contributed by atoms with Gasteiger partial charge in [0, 0.05) is 17.4 Å². The summed E-state index contributed by atoms with van der Waals surface area (Å²) in [5.41, 5.74) is 9.55. The Bertz CT molecular complexity index is 869. The van der Waals surface area contributed by atoms with E-state index in [1.807, 2.05) is 30.3 Å². The molecule has 1 fully saturated rings. The quantitative estimate of drug-likeness (QED) is 0.676. The first kappa shape index (κ1) is 15.0. The Balaban J connectivity index is 1.51. The van der Waals surface area contributed by atoms with Crippen LogP contribution < -0.4 is 11.1 Å². The molecule has 1 aromatic heterocycles. The van der Waals surface area contributed by atoms with Crippen molar-refractivity contribution < 1.29 is 4.79 Å². The third-order valence-electron chi connectivity index (χ3n) is 4.87. The molecule has 0 unspecified atom stereocenters. The van der Waals surface area contributed by atoms with E-state index in [1.54, 1.807) is 0 Å². The Morgan fingerprint density at radius 3 is 2.67 bits per heavy atom. The molecule has 3 aromatic rings. The van der Waals surface area contributed by atoms with E-state index in [-0.39, 0.29) is 5.91 Å². The summed E-state index contributed by atoms with van der Waals surface area (Å²) in [6, 6.07) is 18.4. The van der Waals surface area contributed by atoms with Gasteiger partial charge in [-0.3, -0.25) is 4.79 Å². The molecule has 1 heterocycles. The van der Waals surface area contributed by atoms with Crippen molar-refractivity contribution in [3.05, 3.63) is 60.3 Å². The van der Waals surface area contributed by atoms with Crippen molar-refractivity contribution in [2.24, 2.45) is 17.6 Å².